The molecular weight excluding hydrogens is 292 g/mol. The molecule has 0 spiro atoms. The van der Waals surface area contributed by atoms with Crippen LogP contribution in [0.2, 0.25) is 5.02 Å². The number of ether oxygens (including phenoxy) is 2. The lowest BCUT2D eigenvalue weighted by molar-refractivity contribution is 0.0601. The van der Waals surface area contributed by atoms with E-state index >= 15 is 0 Å². The molecule has 0 radical (unpaired) electrons. The van der Waals surface area contributed by atoms with E-state index < -0.39 is 5.97 Å². The number of benzene rings is 2. The Balaban J connectivity index is 2.25. The number of hydrogen-bond acceptors (Lipinski definition) is 4. The van der Waals surface area contributed by atoms with Gasteiger partial charge in [0.2, 0.25) is 0 Å². The Hall–Kier alpha value is -2.33. The number of aldehydes is 1. The number of methoxy groups -OCH3 is 1. The van der Waals surface area contributed by atoms with Crippen LogP contribution in [-0.2, 0) is 11.3 Å². The van der Waals surface area contributed by atoms with Crippen LogP contribution in [-0.4, -0.2) is 19.4 Å². The minimum absolute atomic E-state index is 0.133. The average molecular weight is 305 g/mol. The maximum Gasteiger partial charge on any atom is 0.339 e. The Kier molecular flexibility index (Phi) is 4.95. The van der Waals surface area contributed by atoms with Gasteiger partial charge < -0.3 is 9.47 Å². The number of carbonyl (C=O) groups is 2. The molecule has 4 nitrogen and oxygen atoms in total. The second kappa shape index (κ2) is 6.90. The number of hydrogen-bond donors (Lipinski definition) is 0. The molecule has 2 rings (SSSR count). The zero-order chi connectivity index (χ0) is 15.2. The van der Waals surface area contributed by atoms with Crippen molar-refractivity contribution in [3.8, 4) is 5.75 Å². The second-order valence-corrected chi connectivity index (χ2v) is 4.66. The van der Waals surface area contributed by atoms with Crippen LogP contribution in [0.4, 0.5) is 0 Å². The molecule has 0 aliphatic heterocycles. The molecule has 0 bridgehead atoms. The van der Waals surface area contributed by atoms with Crippen LogP contribution in [0.15, 0.2) is 42.5 Å². The third-order valence-electron chi connectivity index (χ3n) is 2.87. The van der Waals surface area contributed by atoms with Crippen LogP contribution >= 0.6 is 11.6 Å². The quantitative estimate of drug-likeness (QED) is 0.626. The van der Waals surface area contributed by atoms with Crippen molar-refractivity contribution < 1.29 is 19.1 Å². The van der Waals surface area contributed by atoms with Gasteiger partial charge in [0.25, 0.3) is 0 Å². The summed E-state index contributed by atoms with van der Waals surface area (Å²) in [5.74, 6) is -0.274. The Morgan fingerprint density at radius 3 is 2.57 bits per heavy atom. The van der Waals surface area contributed by atoms with Gasteiger partial charge in [-0.3, -0.25) is 4.79 Å². The van der Waals surface area contributed by atoms with E-state index in [0.29, 0.717) is 18.6 Å². The van der Waals surface area contributed by atoms with E-state index in [9.17, 15) is 9.59 Å². The smallest absolute Gasteiger partial charge is 0.339 e. The number of esters is 1. The van der Waals surface area contributed by atoms with Crippen molar-refractivity contribution in [3.05, 3.63) is 64.2 Å². The van der Waals surface area contributed by atoms with Gasteiger partial charge in [-0.05, 0) is 11.6 Å². The molecule has 2 aromatic rings. The Bertz CT molecular complexity index is 653. The lowest BCUT2D eigenvalue weighted by atomic mass is 10.1. The molecule has 0 aromatic heterocycles. The fraction of sp³-hybridized carbons (Fsp3) is 0.125. The number of halogens is 1. The molecule has 108 valence electrons. The molecule has 0 unspecified atom stereocenters. The first-order valence-electron chi connectivity index (χ1n) is 6.19. The van der Waals surface area contributed by atoms with Crippen LogP contribution in [0.25, 0.3) is 0 Å². The predicted molar refractivity (Wildman–Crippen MR) is 79.0 cm³/mol. The van der Waals surface area contributed by atoms with Crippen LogP contribution in [0, 0.1) is 0 Å². The molecule has 0 aliphatic rings. The molecule has 0 N–H and O–H groups in total. The second-order valence-electron chi connectivity index (χ2n) is 4.25. The molecule has 0 heterocycles. The molecule has 0 saturated carbocycles. The largest absolute Gasteiger partial charge is 0.488 e. The third kappa shape index (κ3) is 3.61. The highest BCUT2D eigenvalue weighted by atomic mass is 35.5. The van der Waals surface area contributed by atoms with Gasteiger partial charge in [0.1, 0.15) is 12.4 Å². The Morgan fingerprint density at radius 1 is 1.24 bits per heavy atom. The first-order valence-corrected chi connectivity index (χ1v) is 6.57. The summed E-state index contributed by atoms with van der Waals surface area (Å²) in [7, 11) is 1.25. The molecule has 0 saturated heterocycles. The van der Waals surface area contributed by atoms with Gasteiger partial charge in [0.05, 0.1) is 23.3 Å². The highest BCUT2D eigenvalue weighted by molar-refractivity contribution is 6.33. The summed E-state index contributed by atoms with van der Waals surface area (Å²) in [5, 5.41) is 0.176. The van der Waals surface area contributed by atoms with Crippen LogP contribution in [0.1, 0.15) is 26.3 Å². The maximum absolute atomic E-state index is 11.5. The molecule has 0 fully saturated rings. The minimum atomic E-state index is -0.599. The van der Waals surface area contributed by atoms with Gasteiger partial charge in [-0.1, -0.05) is 41.9 Å². The number of rotatable bonds is 5. The molecular formula is C16H13ClO4. The van der Waals surface area contributed by atoms with Gasteiger partial charge in [-0.15, -0.1) is 0 Å². The van der Waals surface area contributed by atoms with Crippen LogP contribution < -0.4 is 4.74 Å². The van der Waals surface area contributed by atoms with Gasteiger partial charge in [-0.2, -0.15) is 0 Å². The van der Waals surface area contributed by atoms with Crippen molar-refractivity contribution >= 4 is 23.9 Å². The van der Waals surface area contributed by atoms with E-state index in [-0.39, 0.29) is 16.1 Å². The molecule has 2 aromatic carbocycles. The third-order valence-corrected chi connectivity index (χ3v) is 3.18. The van der Waals surface area contributed by atoms with Gasteiger partial charge in [-0.25, -0.2) is 4.79 Å². The van der Waals surface area contributed by atoms with Gasteiger partial charge >= 0.3 is 5.97 Å². The highest BCUT2D eigenvalue weighted by Gasteiger charge is 2.15. The van der Waals surface area contributed by atoms with Gasteiger partial charge in [0.15, 0.2) is 6.29 Å². The summed E-state index contributed by atoms with van der Waals surface area (Å²) in [5.41, 5.74) is 1.34. The zero-order valence-corrected chi connectivity index (χ0v) is 12.1. The van der Waals surface area contributed by atoms with Crippen molar-refractivity contribution in [1.82, 2.24) is 0 Å². The average Bonchev–Trinajstić information content (AvgIpc) is 2.53. The lowest BCUT2D eigenvalue weighted by Gasteiger charge is -2.11. The summed E-state index contributed by atoms with van der Waals surface area (Å²) in [6.45, 7) is 0.301. The zero-order valence-electron chi connectivity index (χ0n) is 11.3. The number of carbonyl (C=O) groups excluding carboxylic acids is 2. The van der Waals surface area contributed by atoms with Crippen molar-refractivity contribution in [2.24, 2.45) is 0 Å². The maximum atomic E-state index is 11.5. The van der Waals surface area contributed by atoms with Crippen molar-refractivity contribution in [3.63, 3.8) is 0 Å². The fourth-order valence-electron chi connectivity index (χ4n) is 1.79. The molecule has 0 amide bonds. The lowest BCUT2D eigenvalue weighted by Crippen LogP contribution is -2.05. The Morgan fingerprint density at radius 2 is 1.95 bits per heavy atom. The Labute approximate surface area is 127 Å². The molecule has 0 aliphatic carbocycles. The van der Waals surface area contributed by atoms with Crippen LogP contribution in [0.5, 0.6) is 5.75 Å². The summed E-state index contributed by atoms with van der Waals surface area (Å²) < 4.78 is 10.2. The molecule has 21 heavy (non-hydrogen) atoms. The van der Waals surface area contributed by atoms with Crippen molar-refractivity contribution in [2.45, 2.75) is 6.61 Å². The van der Waals surface area contributed by atoms with E-state index in [1.165, 1.54) is 19.2 Å². The van der Waals surface area contributed by atoms with Crippen molar-refractivity contribution in [2.75, 3.05) is 7.11 Å². The summed E-state index contributed by atoms with van der Waals surface area (Å²) in [4.78, 5) is 22.7. The fourth-order valence-corrected chi connectivity index (χ4v) is 2.02. The normalized spacial score (nSPS) is 10.0. The highest BCUT2D eigenvalue weighted by Crippen LogP contribution is 2.27. The SMILES string of the molecule is COC(=O)c1cc(C=O)c(OCc2ccccc2)cc1Cl. The monoisotopic (exact) mass is 304 g/mol. The first kappa shape index (κ1) is 15.1. The predicted octanol–water partition coefficient (Wildman–Crippen LogP) is 3.52. The summed E-state index contributed by atoms with van der Waals surface area (Å²) >= 11 is 6.02. The van der Waals surface area contributed by atoms with E-state index in [2.05, 4.69) is 4.74 Å². The van der Waals surface area contributed by atoms with Crippen LogP contribution in [0.3, 0.4) is 0 Å². The first-order chi connectivity index (χ1) is 10.2. The van der Waals surface area contributed by atoms with E-state index in [1.54, 1.807) is 0 Å². The summed E-state index contributed by atoms with van der Waals surface area (Å²) in [6, 6.07) is 12.3. The topological polar surface area (TPSA) is 52.6 Å². The standard InChI is InChI=1S/C16H13ClO4/c1-20-16(19)13-7-12(9-18)15(8-14(13)17)21-10-11-5-3-2-4-6-11/h2-9H,10H2,1H3. The van der Waals surface area contributed by atoms with Crippen molar-refractivity contribution in [1.29, 1.82) is 0 Å². The van der Waals surface area contributed by atoms with Gasteiger partial charge in [0, 0.05) is 6.07 Å². The molecule has 5 heteroatoms. The minimum Gasteiger partial charge on any atom is -0.488 e. The van der Waals surface area contributed by atoms with E-state index in [1.807, 2.05) is 30.3 Å². The van der Waals surface area contributed by atoms with E-state index in [4.69, 9.17) is 16.3 Å². The van der Waals surface area contributed by atoms with E-state index in [0.717, 1.165) is 5.56 Å². The molecule has 0 atom stereocenters. The summed E-state index contributed by atoms with van der Waals surface area (Å²) in [6.07, 6.45) is 0.614.